The van der Waals surface area contributed by atoms with Gasteiger partial charge < -0.3 is 10.2 Å². The Bertz CT molecular complexity index is 748. The summed E-state index contributed by atoms with van der Waals surface area (Å²) < 4.78 is 0. The van der Waals surface area contributed by atoms with Crippen molar-refractivity contribution in [2.24, 2.45) is 0 Å². The Labute approximate surface area is 148 Å². The largest absolute Gasteiger partial charge is 0.350 e. The summed E-state index contributed by atoms with van der Waals surface area (Å²) in [6, 6.07) is 10.4. The summed E-state index contributed by atoms with van der Waals surface area (Å²) in [7, 11) is 0. The lowest BCUT2D eigenvalue weighted by atomic mass is 9.76. The van der Waals surface area contributed by atoms with Crippen molar-refractivity contribution in [1.82, 2.24) is 14.9 Å². The van der Waals surface area contributed by atoms with Gasteiger partial charge in [-0.3, -0.25) is 4.79 Å². The van der Waals surface area contributed by atoms with Gasteiger partial charge in [-0.25, -0.2) is 9.97 Å². The van der Waals surface area contributed by atoms with E-state index in [0.29, 0.717) is 5.95 Å². The van der Waals surface area contributed by atoms with Crippen LogP contribution in [0.2, 0.25) is 0 Å². The zero-order valence-electron chi connectivity index (χ0n) is 14.6. The predicted octanol–water partition coefficient (Wildman–Crippen LogP) is 3.00. The standard InChI is InChI=1S/C20H24N4O/c1-14(23-20-21-10-6-11-22-20)18-9-4-5-12-24(18)19(25)17-13-15-7-2-3-8-16(15)17/h2-3,6-8,10-11,14,17-18H,4-5,9,12-13H2,1H3,(H,21,22,23). The van der Waals surface area contributed by atoms with Crippen LogP contribution >= 0.6 is 0 Å². The number of nitrogens with zero attached hydrogens (tertiary/aromatic N) is 3. The number of nitrogens with one attached hydrogen (secondary N) is 1. The molecule has 1 fully saturated rings. The molecule has 4 rings (SSSR count). The van der Waals surface area contributed by atoms with Crippen molar-refractivity contribution in [3.63, 3.8) is 0 Å². The van der Waals surface area contributed by atoms with Gasteiger partial charge >= 0.3 is 0 Å². The fourth-order valence-corrected chi connectivity index (χ4v) is 4.10. The fourth-order valence-electron chi connectivity index (χ4n) is 4.10. The molecule has 2 aliphatic rings. The third kappa shape index (κ3) is 3.11. The number of fused-ring (bicyclic) bond motifs is 1. The minimum atomic E-state index is 0.0389. The number of carbonyl (C=O) groups is 1. The first-order valence-electron chi connectivity index (χ1n) is 9.16. The van der Waals surface area contributed by atoms with E-state index in [1.165, 1.54) is 11.1 Å². The van der Waals surface area contributed by atoms with Crippen LogP contribution in [-0.4, -0.2) is 39.4 Å². The summed E-state index contributed by atoms with van der Waals surface area (Å²) in [5.74, 6) is 0.949. The van der Waals surface area contributed by atoms with Crippen LogP contribution in [0.1, 0.15) is 43.2 Å². The number of benzene rings is 1. The van der Waals surface area contributed by atoms with Crippen LogP contribution in [0.5, 0.6) is 0 Å². The van der Waals surface area contributed by atoms with Gasteiger partial charge in [-0.2, -0.15) is 0 Å². The number of carbonyl (C=O) groups excluding carboxylic acids is 1. The molecule has 5 nitrogen and oxygen atoms in total. The number of aromatic nitrogens is 2. The minimum Gasteiger partial charge on any atom is -0.350 e. The predicted molar refractivity (Wildman–Crippen MR) is 97.4 cm³/mol. The quantitative estimate of drug-likeness (QED) is 0.932. The first kappa shape index (κ1) is 16.1. The first-order valence-corrected chi connectivity index (χ1v) is 9.16. The summed E-state index contributed by atoms with van der Waals surface area (Å²) in [5, 5.41) is 3.37. The van der Waals surface area contributed by atoms with Gasteiger partial charge in [0.25, 0.3) is 0 Å². The van der Waals surface area contributed by atoms with E-state index in [0.717, 1.165) is 32.2 Å². The Morgan fingerprint density at radius 2 is 2.00 bits per heavy atom. The monoisotopic (exact) mass is 336 g/mol. The molecule has 1 aliphatic carbocycles. The first-order chi connectivity index (χ1) is 12.2. The van der Waals surface area contributed by atoms with Crippen LogP contribution in [0.15, 0.2) is 42.7 Å². The molecule has 2 aromatic rings. The minimum absolute atomic E-state index is 0.0389. The molecule has 1 aromatic carbocycles. The number of likely N-dealkylation sites (tertiary alicyclic amines) is 1. The van der Waals surface area contributed by atoms with Crippen LogP contribution < -0.4 is 5.32 Å². The van der Waals surface area contributed by atoms with Crippen molar-refractivity contribution >= 4 is 11.9 Å². The summed E-state index contributed by atoms with van der Waals surface area (Å²) in [6.07, 6.45) is 7.62. The van der Waals surface area contributed by atoms with E-state index < -0.39 is 0 Å². The number of anilines is 1. The zero-order chi connectivity index (χ0) is 17.2. The van der Waals surface area contributed by atoms with Gasteiger partial charge in [0.2, 0.25) is 11.9 Å². The molecule has 0 bridgehead atoms. The molecule has 1 aromatic heterocycles. The van der Waals surface area contributed by atoms with Gasteiger partial charge in [0.15, 0.2) is 0 Å². The third-order valence-corrected chi connectivity index (χ3v) is 5.48. The van der Waals surface area contributed by atoms with Gasteiger partial charge in [-0.1, -0.05) is 24.3 Å². The third-order valence-electron chi connectivity index (χ3n) is 5.48. The van der Waals surface area contributed by atoms with Crippen molar-refractivity contribution in [2.75, 3.05) is 11.9 Å². The second kappa shape index (κ2) is 6.82. The van der Waals surface area contributed by atoms with Crippen LogP contribution in [0.4, 0.5) is 5.95 Å². The van der Waals surface area contributed by atoms with Crippen LogP contribution in [0.3, 0.4) is 0 Å². The summed E-state index contributed by atoms with van der Waals surface area (Å²) >= 11 is 0. The van der Waals surface area contributed by atoms with E-state index in [1.54, 1.807) is 18.5 Å². The topological polar surface area (TPSA) is 58.1 Å². The second-order valence-electron chi connectivity index (χ2n) is 7.06. The number of hydrogen-bond donors (Lipinski definition) is 1. The summed E-state index contributed by atoms with van der Waals surface area (Å²) in [4.78, 5) is 23.8. The van der Waals surface area contributed by atoms with Crippen molar-refractivity contribution in [2.45, 2.75) is 50.6 Å². The van der Waals surface area contributed by atoms with E-state index in [2.05, 4.69) is 45.3 Å². The normalized spacial score (nSPS) is 23.3. The Morgan fingerprint density at radius 1 is 1.20 bits per heavy atom. The molecule has 130 valence electrons. The molecule has 1 N–H and O–H groups in total. The maximum atomic E-state index is 13.2. The van der Waals surface area contributed by atoms with Gasteiger partial charge in [0.05, 0.1) is 12.0 Å². The summed E-state index contributed by atoms with van der Waals surface area (Å²) in [6.45, 7) is 2.98. The molecule has 3 atom stereocenters. The van der Waals surface area contributed by atoms with Crippen molar-refractivity contribution < 1.29 is 4.79 Å². The molecule has 1 amide bonds. The molecule has 25 heavy (non-hydrogen) atoms. The Balaban J connectivity index is 1.48. The molecule has 2 heterocycles. The van der Waals surface area contributed by atoms with E-state index in [-0.39, 0.29) is 23.9 Å². The van der Waals surface area contributed by atoms with Gasteiger partial charge in [-0.05, 0) is 49.8 Å². The lowest BCUT2D eigenvalue weighted by molar-refractivity contribution is -0.137. The van der Waals surface area contributed by atoms with Gasteiger partial charge in [0, 0.05) is 25.0 Å². The number of amides is 1. The maximum Gasteiger partial charge on any atom is 0.230 e. The van der Waals surface area contributed by atoms with E-state index in [9.17, 15) is 4.79 Å². The fraction of sp³-hybridized carbons (Fsp3) is 0.450. The van der Waals surface area contributed by atoms with E-state index >= 15 is 0 Å². The average Bonchev–Trinajstić information content (AvgIpc) is 2.63. The van der Waals surface area contributed by atoms with Crippen LogP contribution in [0.25, 0.3) is 0 Å². The highest BCUT2D eigenvalue weighted by Gasteiger charge is 2.39. The van der Waals surface area contributed by atoms with Gasteiger partial charge in [-0.15, -0.1) is 0 Å². The molecular formula is C20H24N4O. The lowest BCUT2D eigenvalue weighted by Crippen LogP contribution is -2.53. The average molecular weight is 336 g/mol. The molecular weight excluding hydrogens is 312 g/mol. The highest BCUT2D eigenvalue weighted by atomic mass is 16.2. The molecule has 5 heteroatoms. The van der Waals surface area contributed by atoms with Crippen LogP contribution in [0, 0.1) is 0 Å². The number of hydrogen-bond acceptors (Lipinski definition) is 4. The zero-order valence-corrected chi connectivity index (χ0v) is 14.6. The Morgan fingerprint density at radius 3 is 2.80 bits per heavy atom. The van der Waals surface area contributed by atoms with Crippen molar-refractivity contribution in [3.8, 4) is 0 Å². The van der Waals surface area contributed by atoms with E-state index in [1.807, 2.05) is 6.07 Å². The number of piperidine rings is 1. The summed E-state index contributed by atoms with van der Waals surface area (Å²) in [5.41, 5.74) is 2.53. The number of rotatable bonds is 4. The SMILES string of the molecule is CC(Nc1ncccn1)C1CCCCN1C(=O)C1Cc2ccccc21. The van der Waals surface area contributed by atoms with Gasteiger partial charge in [0.1, 0.15) is 0 Å². The molecule has 1 saturated heterocycles. The van der Waals surface area contributed by atoms with E-state index in [4.69, 9.17) is 0 Å². The molecule has 1 aliphatic heterocycles. The van der Waals surface area contributed by atoms with Crippen LogP contribution in [-0.2, 0) is 11.2 Å². The Kier molecular flexibility index (Phi) is 4.38. The Hall–Kier alpha value is -2.43. The molecule has 0 spiro atoms. The highest BCUT2D eigenvalue weighted by molar-refractivity contribution is 5.87. The lowest BCUT2D eigenvalue weighted by Gasteiger charge is -2.43. The molecule has 0 radical (unpaired) electrons. The second-order valence-corrected chi connectivity index (χ2v) is 7.06. The van der Waals surface area contributed by atoms with Crippen molar-refractivity contribution in [1.29, 1.82) is 0 Å². The maximum absolute atomic E-state index is 13.2. The van der Waals surface area contributed by atoms with Crippen molar-refractivity contribution in [3.05, 3.63) is 53.9 Å². The molecule has 3 unspecified atom stereocenters. The highest BCUT2D eigenvalue weighted by Crippen LogP contribution is 2.37. The molecule has 0 saturated carbocycles. The smallest absolute Gasteiger partial charge is 0.230 e.